The number of carbonyl (C=O) groups excluding carboxylic acids is 1. The number of morpholine rings is 1. The second kappa shape index (κ2) is 8.09. The van der Waals surface area contributed by atoms with Gasteiger partial charge in [-0.05, 0) is 12.1 Å². The third-order valence-corrected chi connectivity index (χ3v) is 4.37. The third kappa shape index (κ3) is 4.22. The number of hydrogen-bond donors (Lipinski definition) is 1. The van der Waals surface area contributed by atoms with Crippen molar-refractivity contribution in [2.24, 2.45) is 0 Å². The number of carbonyl (C=O) groups is 1. The topological polar surface area (TPSA) is 76.8 Å². The molecule has 1 fully saturated rings. The van der Waals surface area contributed by atoms with Crippen molar-refractivity contribution in [2.45, 2.75) is 25.6 Å². The van der Waals surface area contributed by atoms with Crippen molar-refractivity contribution >= 4 is 11.7 Å². The number of urea groups is 1. The van der Waals surface area contributed by atoms with E-state index in [9.17, 15) is 18.0 Å². The van der Waals surface area contributed by atoms with E-state index in [0.717, 1.165) is 18.0 Å². The number of amides is 2. The van der Waals surface area contributed by atoms with Gasteiger partial charge in [0, 0.05) is 19.0 Å². The molecule has 2 aromatic heterocycles. The Hall–Kier alpha value is -2.75. The SMILES string of the molecule is CCc1ccc([C@@H]2COCCN2C(=O)Nc2cnc(C(F)(F)F)cc2OC)o1. The van der Waals surface area contributed by atoms with Crippen LogP contribution in [-0.2, 0) is 17.3 Å². The van der Waals surface area contributed by atoms with Crippen LogP contribution in [0.3, 0.4) is 0 Å². The number of pyridine rings is 1. The predicted octanol–water partition coefficient (Wildman–Crippen LogP) is 3.87. The second-order valence-electron chi connectivity index (χ2n) is 6.14. The van der Waals surface area contributed by atoms with Crippen LogP contribution in [0.4, 0.5) is 23.7 Å². The Morgan fingerprint density at radius 2 is 2.21 bits per heavy atom. The van der Waals surface area contributed by atoms with Gasteiger partial charge in [-0.3, -0.25) is 0 Å². The van der Waals surface area contributed by atoms with E-state index in [1.54, 1.807) is 6.07 Å². The van der Waals surface area contributed by atoms with Crippen LogP contribution >= 0.6 is 0 Å². The van der Waals surface area contributed by atoms with Gasteiger partial charge < -0.3 is 24.1 Å². The zero-order valence-electron chi connectivity index (χ0n) is 15.4. The molecular weight excluding hydrogens is 379 g/mol. The summed E-state index contributed by atoms with van der Waals surface area (Å²) < 4.78 is 54.6. The molecule has 2 aromatic rings. The van der Waals surface area contributed by atoms with E-state index in [1.165, 1.54) is 12.0 Å². The Morgan fingerprint density at radius 1 is 1.43 bits per heavy atom. The fourth-order valence-corrected chi connectivity index (χ4v) is 2.89. The maximum Gasteiger partial charge on any atom is 0.433 e. The molecule has 2 amide bonds. The van der Waals surface area contributed by atoms with Crippen LogP contribution in [0, 0.1) is 0 Å². The number of ether oxygens (including phenoxy) is 2. The van der Waals surface area contributed by atoms with Gasteiger partial charge in [0.15, 0.2) is 0 Å². The smallest absolute Gasteiger partial charge is 0.433 e. The lowest BCUT2D eigenvalue weighted by atomic mass is 10.2. The van der Waals surface area contributed by atoms with Gasteiger partial charge in [0.1, 0.15) is 34.7 Å². The number of rotatable bonds is 4. The van der Waals surface area contributed by atoms with Crippen molar-refractivity contribution in [2.75, 3.05) is 32.2 Å². The van der Waals surface area contributed by atoms with Gasteiger partial charge in [-0.2, -0.15) is 13.2 Å². The molecule has 1 saturated heterocycles. The highest BCUT2D eigenvalue weighted by Crippen LogP contribution is 2.34. The molecule has 0 unspecified atom stereocenters. The number of alkyl halides is 3. The van der Waals surface area contributed by atoms with Crippen molar-refractivity contribution in [3.8, 4) is 5.75 Å². The summed E-state index contributed by atoms with van der Waals surface area (Å²) in [4.78, 5) is 17.7. The Kier molecular flexibility index (Phi) is 5.78. The average molecular weight is 399 g/mol. The summed E-state index contributed by atoms with van der Waals surface area (Å²) >= 11 is 0. The van der Waals surface area contributed by atoms with Gasteiger partial charge in [0.05, 0.1) is 26.5 Å². The molecule has 1 aliphatic rings. The number of anilines is 1. The molecule has 152 valence electrons. The number of aromatic nitrogens is 1. The normalized spacial score (nSPS) is 17.5. The lowest BCUT2D eigenvalue weighted by Gasteiger charge is -2.34. The molecule has 3 rings (SSSR count). The maximum atomic E-state index is 12.8. The fraction of sp³-hybridized carbons (Fsp3) is 0.444. The van der Waals surface area contributed by atoms with Gasteiger partial charge in [0.2, 0.25) is 0 Å². The Morgan fingerprint density at radius 3 is 2.86 bits per heavy atom. The van der Waals surface area contributed by atoms with E-state index in [1.807, 2.05) is 13.0 Å². The zero-order valence-corrected chi connectivity index (χ0v) is 15.4. The number of hydrogen-bond acceptors (Lipinski definition) is 5. The summed E-state index contributed by atoms with van der Waals surface area (Å²) in [5.74, 6) is 1.24. The molecule has 10 heteroatoms. The van der Waals surface area contributed by atoms with Crippen LogP contribution in [0.1, 0.15) is 30.2 Å². The Labute approximate surface area is 159 Å². The number of nitrogens with zero attached hydrogens (tertiary/aromatic N) is 2. The summed E-state index contributed by atoms with van der Waals surface area (Å²) in [6.45, 7) is 2.85. The number of furan rings is 1. The van der Waals surface area contributed by atoms with Gasteiger partial charge in [-0.15, -0.1) is 0 Å². The summed E-state index contributed by atoms with van der Waals surface area (Å²) in [5.41, 5.74) is -1.06. The number of aryl methyl sites for hydroxylation is 1. The van der Waals surface area contributed by atoms with Crippen molar-refractivity contribution in [1.29, 1.82) is 0 Å². The first-order valence-electron chi connectivity index (χ1n) is 8.68. The van der Waals surface area contributed by atoms with Crippen molar-refractivity contribution in [1.82, 2.24) is 9.88 Å². The summed E-state index contributed by atoms with van der Waals surface area (Å²) in [7, 11) is 1.22. The first-order valence-corrected chi connectivity index (χ1v) is 8.68. The quantitative estimate of drug-likeness (QED) is 0.845. The van der Waals surface area contributed by atoms with Gasteiger partial charge in [-0.1, -0.05) is 6.92 Å². The molecule has 0 aliphatic carbocycles. The molecule has 0 spiro atoms. The molecule has 1 N–H and O–H groups in total. The van der Waals surface area contributed by atoms with E-state index in [2.05, 4.69) is 10.3 Å². The molecule has 0 saturated carbocycles. The van der Waals surface area contributed by atoms with E-state index in [4.69, 9.17) is 13.9 Å². The van der Waals surface area contributed by atoms with Crippen LogP contribution in [0.15, 0.2) is 28.8 Å². The van der Waals surface area contributed by atoms with Crippen LogP contribution in [0.25, 0.3) is 0 Å². The molecule has 28 heavy (non-hydrogen) atoms. The van der Waals surface area contributed by atoms with Gasteiger partial charge in [-0.25, -0.2) is 9.78 Å². The third-order valence-electron chi connectivity index (χ3n) is 4.37. The molecule has 0 radical (unpaired) electrons. The van der Waals surface area contributed by atoms with Gasteiger partial charge in [0.25, 0.3) is 0 Å². The average Bonchev–Trinajstić information content (AvgIpc) is 3.16. The van der Waals surface area contributed by atoms with E-state index in [-0.39, 0.29) is 18.0 Å². The highest BCUT2D eigenvalue weighted by molar-refractivity contribution is 5.91. The van der Waals surface area contributed by atoms with Crippen LogP contribution in [0.5, 0.6) is 5.75 Å². The first-order chi connectivity index (χ1) is 13.3. The summed E-state index contributed by atoms with van der Waals surface area (Å²) in [6, 6.07) is 3.42. The fourth-order valence-electron chi connectivity index (χ4n) is 2.89. The predicted molar refractivity (Wildman–Crippen MR) is 93.2 cm³/mol. The largest absolute Gasteiger partial charge is 0.494 e. The molecule has 1 atom stereocenters. The number of nitrogens with one attached hydrogen (secondary N) is 1. The number of methoxy groups -OCH3 is 1. The minimum Gasteiger partial charge on any atom is -0.494 e. The lowest BCUT2D eigenvalue weighted by Crippen LogP contribution is -2.45. The minimum absolute atomic E-state index is 0.0411. The van der Waals surface area contributed by atoms with Crippen molar-refractivity contribution in [3.63, 3.8) is 0 Å². The van der Waals surface area contributed by atoms with E-state index >= 15 is 0 Å². The van der Waals surface area contributed by atoms with Crippen molar-refractivity contribution < 1.29 is 31.9 Å². The highest BCUT2D eigenvalue weighted by atomic mass is 19.4. The first kappa shape index (κ1) is 20.0. The minimum atomic E-state index is -4.61. The number of halogens is 3. The standard InChI is InChI=1S/C18H20F3N3O4/c1-3-11-4-5-14(28-11)13-10-27-7-6-24(13)17(25)23-12-9-22-16(18(19,20)21)8-15(12)26-2/h4-5,8-9,13H,3,6-7,10H2,1-2H3,(H,23,25)/t13-/m0/s1. The summed E-state index contributed by atoms with van der Waals surface area (Å²) in [6.07, 6.45) is -2.97. The van der Waals surface area contributed by atoms with Gasteiger partial charge >= 0.3 is 12.2 Å². The van der Waals surface area contributed by atoms with Crippen LogP contribution < -0.4 is 10.1 Å². The van der Waals surface area contributed by atoms with Crippen LogP contribution in [-0.4, -0.2) is 42.8 Å². The molecule has 0 aromatic carbocycles. The molecule has 3 heterocycles. The molecule has 7 nitrogen and oxygen atoms in total. The molecule has 1 aliphatic heterocycles. The molecular formula is C18H20F3N3O4. The Balaban J connectivity index is 1.80. The monoisotopic (exact) mass is 399 g/mol. The van der Waals surface area contributed by atoms with E-state index in [0.29, 0.717) is 25.3 Å². The van der Waals surface area contributed by atoms with E-state index < -0.39 is 23.9 Å². The second-order valence-corrected chi connectivity index (χ2v) is 6.14. The van der Waals surface area contributed by atoms with Crippen molar-refractivity contribution in [3.05, 3.63) is 41.6 Å². The molecule has 0 bridgehead atoms. The zero-order chi connectivity index (χ0) is 20.3. The highest BCUT2D eigenvalue weighted by Gasteiger charge is 2.34. The maximum absolute atomic E-state index is 12.8. The Bertz CT molecular complexity index is 838. The summed E-state index contributed by atoms with van der Waals surface area (Å²) in [5, 5.41) is 2.57. The van der Waals surface area contributed by atoms with Crippen LogP contribution in [0.2, 0.25) is 0 Å². The lowest BCUT2D eigenvalue weighted by molar-refractivity contribution is -0.141.